The first-order valence-electron chi connectivity index (χ1n) is 5.64. The van der Waals surface area contributed by atoms with Gasteiger partial charge in [0.2, 0.25) is 5.78 Å². The second kappa shape index (κ2) is 4.55. The molecule has 0 unspecified atom stereocenters. The first-order chi connectivity index (χ1) is 9.16. The first kappa shape index (κ1) is 12.0. The Morgan fingerprint density at radius 1 is 0.947 bits per heavy atom. The molecule has 0 saturated heterocycles. The van der Waals surface area contributed by atoms with Crippen molar-refractivity contribution in [3.63, 3.8) is 0 Å². The summed E-state index contributed by atoms with van der Waals surface area (Å²) in [6, 6.07) is 12.5. The van der Waals surface area contributed by atoms with Gasteiger partial charge in [-0.25, -0.2) is 8.78 Å². The molecule has 0 aliphatic carbocycles. The standard InChI is InChI=1S/C15H8F2OS/c16-10-5-3-6-11(17)14(10)15(18)13-8-9-4-1-2-7-12(9)19-13/h1-8H. The molecule has 1 aromatic heterocycles. The zero-order valence-electron chi connectivity index (χ0n) is 9.69. The SMILES string of the molecule is O=C(c1cc2ccccc2s1)c1c(F)cccc1F. The monoisotopic (exact) mass is 274 g/mol. The van der Waals surface area contributed by atoms with Crippen molar-refractivity contribution in [1.29, 1.82) is 0 Å². The number of ketones is 1. The van der Waals surface area contributed by atoms with E-state index >= 15 is 0 Å². The highest BCUT2D eigenvalue weighted by Crippen LogP contribution is 2.28. The molecule has 1 heterocycles. The van der Waals surface area contributed by atoms with Crippen LogP contribution >= 0.6 is 11.3 Å². The smallest absolute Gasteiger partial charge is 0.208 e. The van der Waals surface area contributed by atoms with Crippen LogP contribution in [0.15, 0.2) is 48.5 Å². The van der Waals surface area contributed by atoms with Crippen LogP contribution in [0.5, 0.6) is 0 Å². The predicted molar refractivity (Wildman–Crippen MR) is 71.6 cm³/mol. The molecule has 0 aliphatic rings. The van der Waals surface area contributed by atoms with E-state index < -0.39 is 23.0 Å². The van der Waals surface area contributed by atoms with Crippen molar-refractivity contribution < 1.29 is 13.6 Å². The van der Waals surface area contributed by atoms with E-state index in [1.54, 1.807) is 6.07 Å². The Morgan fingerprint density at radius 3 is 2.32 bits per heavy atom. The third-order valence-corrected chi connectivity index (χ3v) is 3.95. The second-order valence-corrected chi connectivity index (χ2v) is 5.16. The van der Waals surface area contributed by atoms with Crippen LogP contribution in [0.25, 0.3) is 10.1 Å². The van der Waals surface area contributed by atoms with Crippen LogP contribution in [0.1, 0.15) is 15.2 Å². The molecule has 0 bridgehead atoms. The van der Waals surface area contributed by atoms with Crippen LogP contribution in [0.2, 0.25) is 0 Å². The minimum absolute atomic E-state index is 0.338. The molecule has 0 saturated carbocycles. The van der Waals surface area contributed by atoms with Crippen LogP contribution in [0, 0.1) is 11.6 Å². The van der Waals surface area contributed by atoms with Crippen molar-refractivity contribution in [2.45, 2.75) is 0 Å². The van der Waals surface area contributed by atoms with Crippen molar-refractivity contribution >= 4 is 27.2 Å². The van der Waals surface area contributed by atoms with E-state index in [2.05, 4.69) is 0 Å². The van der Waals surface area contributed by atoms with Gasteiger partial charge in [-0.3, -0.25) is 4.79 Å². The quantitative estimate of drug-likeness (QED) is 0.633. The maximum atomic E-state index is 13.6. The molecule has 2 aromatic carbocycles. The van der Waals surface area contributed by atoms with Crippen LogP contribution in [0.4, 0.5) is 8.78 Å². The van der Waals surface area contributed by atoms with Crippen molar-refractivity contribution in [2.24, 2.45) is 0 Å². The second-order valence-electron chi connectivity index (χ2n) is 4.07. The summed E-state index contributed by atoms with van der Waals surface area (Å²) in [5, 5.41) is 0.896. The molecule has 4 heteroatoms. The summed E-state index contributed by atoms with van der Waals surface area (Å²) in [5.41, 5.74) is -0.492. The first-order valence-corrected chi connectivity index (χ1v) is 6.46. The summed E-state index contributed by atoms with van der Waals surface area (Å²) in [7, 11) is 0. The molecule has 94 valence electrons. The normalized spacial score (nSPS) is 10.8. The number of thiophene rings is 1. The summed E-state index contributed by atoms with van der Waals surface area (Å²) in [5.74, 6) is -2.28. The number of fused-ring (bicyclic) bond motifs is 1. The lowest BCUT2D eigenvalue weighted by Gasteiger charge is -2.01. The lowest BCUT2D eigenvalue weighted by molar-refractivity contribution is 0.103. The van der Waals surface area contributed by atoms with Gasteiger partial charge in [0.15, 0.2) is 0 Å². The Kier molecular flexibility index (Phi) is 2.87. The van der Waals surface area contributed by atoms with Gasteiger partial charge in [0, 0.05) is 4.70 Å². The Bertz CT molecular complexity index is 723. The molecule has 0 radical (unpaired) electrons. The fourth-order valence-corrected chi connectivity index (χ4v) is 2.94. The molecule has 0 atom stereocenters. The largest absolute Gasteiger partial charge is 0.287 e. The van der Waals surface area contributed by atoms with Crippen molar-refractivity contribution in [1.82, 2.24) is 0 Å². The summed E-state index contributed by atoms with van der Waals surface area (Å²) in [6.45, 7) is 0. The minimum atomic E-state index is -0.831. The number of benzene rings is 2. The summed E-state index contributed by atoms with van der Waals surface area (Å²) < 4.78 is 28.1. The highest BCUT2D eigenvalue weighted by Gasteiger charge is 2.20. The van der Waals surface area contributed by atoms with Crippen molar-refractivity contribution in [3.05, 3.63) is 70.6 Å². The Balaban J connectivity index is 2.13. The molecule has 0 aliphatic heterocycles. The number of rotatable bonds is 2. The molecular weight excluding hydrogens is 266 g/mol. The fraction of sp³-hybridized carbons (Fsp3) is 0. The Hall–Kier alpha value is -2.07. The van der Waals surface area contributed by atoms with Crippen molar-refractivity contribution in [2.75, 3.05) is 0 Å². The van der Waals surface area contributed by atoms with Gasteiger partial charge >= 0.3 is 0 Å². The Labute approximate surface area is 112 Å². The zero-order chi connectivity index (χ0) is 13.4. The van der Waals surface area contributed by atoms with Crippen LogP contribution in [0.3, 0.4) is 0 Å². The Morgan fingerprint density at radius 2 is 1.63 bits per heavy atom. The van der Waals surface area contributed by atoms with Crippen LogP contribution in [-0.4, -0.2) is 5.78 Å². The summed E-state index contributed by atoms with van der Waals surface area (Å²) >= 11 is 1.23. The van der Waals surface area contributed by atoms with Gasteiger partial charge in [-0.1, -0.05) is 24.3 Å². The summed E-state index contributed by atoms with van der Waals surface area (Å²) in [6.07, 6.45) is 0. The fourth-order valence-electron chi connectivity index (χ4n) is 1.93. The van der Waals surface area contributed by atoms with E-state index in [1.807, 2.05) is 24.3 Å². The van der Waals surface area contributed by atoms with Gasteiger partial charge in [0.1, 0.15) is 11.6 Å². The highest BCUT2D eigenvalue weighted by atomic mass is 32.1. The van der Waals surface area contributed by atoms with E-state index in [0.29, 0.717) is 4.88 Å². The number of carbonyl (C=O) groups is 1. The van der Waals surface area contributed by atoms with E-state index in [4.69, 9.17) is 0 Å². The molecule has 0 N–H and O–H groups in total. The number of halogens is 2. The lowest BCUT2D eigenvalue weighted by atomic mass is 10.1. The molecule has 3 rings (SSSR count). The molecule has 0 fully saturated rings. The number of hydrogen-bond acceptors (Lipinski definition) is 2. The number of carbonyl (C=O) groups excluding carboxylic acids is 1. The predicted octanol–water partition coefficient (Wildman–Crippen LogP) is 4.41. The minimum Gasteiger partial charge on any atom is -0.287 e. The van der Waals surface area contributed by atoms with Crippen LogP contribution in [-0.2, 0) is 0 Å². The van der Waals surface area contributed by atoms with Gasteiger partial charge < -0.3 is 0 Å². The average molecular weight is 274 g/mol. The highest BCUT2D eigenvalue weighted by molar-refractivity contribution is 7.21. The van der Waals surface area contributed by atoms with E-state index in [-0.39, 0.29) is 0 Å². The number of hydrogen-bond donors (Lipinski definition) is 0. The van der Waals surface area contributed by atoms with Gasteiger partial charge in [0.25, 0.3) is 0 Å². The topological polar surface area (TPSA) is 17.1 Å². The molecular formula is C15H8F2OS. The maximum absolute atomic E-state index is 13.6. The third-order valence-electron chi connectivity index (χ3n) is 2.84. The van der Waals surface area contributed by atoms with Gasteiger partial charge in [-0.15, -0.1) is 11.3 Å². The van der Waals surface area contributed by atoms with Crippen LogP contribution < -0.4 is 0 Å². The molecule has 0 amide bonds. The molecule has 3 aromatic rings. The molecule has 1 nitrogen and oxygen atoms in total. The molecule has 19 heavy (non-hydrogen) atoms. The van der Waals surface area contributed by atoms with Gasteiger partial charge in [-0.05, 0) is 29.7 Å². The maximum Gasteiger partial charge on any atom is 0.208 e. The third kappa shape index (κ3) is 2.04. The van der Waals surface area contributed by atoms with E-state index in [0.717, 1.165) is 22.2 Å². The van der Waals surface area contributed by atoms with E-state index in [1.165, 1.54) is 17.4 Å². The van der Waals surface area contributed by atoms with Gasteiger partial charge in [-0.2, -0.15) is 0 Å². The van der Waals surface area contributed by atoms with Gasteiger partial charge in [0.05, 0.1) is 10.4 Å². The average Bonchev–Trinajstić information content (AvgIpc) is 2.82. The van der Waals surface area contributed by atoms with Crippen molar-refractivity contribution in [3.8, 4) is 0 Å². The zero-order valence-corrected chi connectivity index (χ0v) is 10.5. The lowest BCUT2D eigenvalue weighted by Crippen LogP contribution is -2.05. The molecule has 0 spiro atoms. The summed E-state index contributed by atoms with van der Waals surface area (Å²) in [4.78, 5) is 12.5. The van der Waals surface area contributed by atoms with E-state index in [9.17, 15) is 13.6 Å².